The molecular formula is C12H17N3O2S3. The van der Waals surface area contributed by atoms with Crippen molar-refractivity contribution < 1.29 is 8.42 Å². The lowest BCUT2D eigenvalue weighted by Crippen LogP contribution is -2.26. The Balaban J connectivity index is 2.15. The molecular weight excluding hydrogens is 314 g/mol. The molecule has 0 saturated heterocycles. The minimum Gasteiger partial charge on any atom is -0.326 e. The third kappa shape index (κ3) is 3.44. The van der Waals surface area contributed by atoms with Crippen LogP contribution in [0.3, 0.4) is 0 Å². The van der Waals surface area contributed by atoms with E-state index >= 15 is 0 Å². The van der Waals surface area contributed by atoms with Crippen molar-refractivity contribution in [3.63, 3.8) is 0 Å². The number of nitrogens with one attached hydrogen (secondary N) is 1. The molecule has 2 aromatic heterocycles. The van der Waals surface area contributed by atoms with Crippen molar-refractivity contribution in [3.05, 3.63) is 32.4 Å². The Bertz CT molecular complexity index is 676. The second kappa shape index (κ2) is 6.31. The summed E-state index contributed by atoms with van der Waals surface area (Å²) in [5.41, 5.74) is 5.50. The predicted molar refractivity (Wildman–Crippen MR) is 82.4 cm³/mol. The first kappa shape index (κ1) is 15.6. The Morgan fingerprint density at radius 2 is 2.20 bits per heavy atom. The molecule has 1 unspecified atom stereocenters. The molecule has 2 heterocycles. The summed E-state index contributed by atoms with van der Waals surface area (Å²) in [7, 11) is -3.52. The molecule has 1 atom stereocenters. The van der Waals surface area contributed by atoms with Crippen LogP contribution in [-0.2, 0) is 23.0 Å². The molecule has 3 N–H and O–H groups in total. The molecule has 0 aliphatic carbocycles. The molecule has 0 fully saturated rings. The molecule has 110 valence electrons. The molecule has 0 aromatic carbocycles. The largest absolute Gasteiger partial charge is 0.326 e. The lowest BCUT2D eigenvalue weighted by molar-refractivity contribution is 0.566. The van der Waals surface area contributed by atoms with Gasteiger partial charge in [-0.2, -0.15) is 0 Å². The number of hydrogen-bond acceptors (Lipinski definition) is 6. The van der Waals surface area contributed by atoms with E-state index in [9.17, 15) is 8.42 Å². The van der Waals surface area contributed by atoms with Crippen molar-refractivity contribution in [3.8, 4) is 0 Å². The van der Waals surface area contributed by atoms with E-state index in [0.717, 1.165) is 21.2 Å². The Kier molecular flexibility index (Phi) is 4.92. The number of hydrogen-bond donors (Lipinski definition) is 2. The molecule has 8 heteroatoms. The van der Waals surface area contributed by atoms with Crippen molar-refractivity contribution in [1.29, 1.82) is 0 Å². The monoisotopic (exact) mass is 331 g/mol. The van der Waals surface area contributed by atoms with Gasteiger partial charge in [0.05, 0.1) is 10.9 Å². The third-order valence-corrected chi connectivity index (χ3v) is 6.72. The zero-order chi connectivity index (χ0) is 14.8. The van der Waals surface area contributed by atoms with Gasteiger partial charge < -0.3 is 5.73 Å². The van der Waals surface area contributed by atoms with Crippen LogP contribution in [-0.4, -0.2) is 13.4 Å². The van der Waals surface area contributed by atoms with E-state index in [1.807, 2.05) is 6.92 Å². The molecule has 0 bridgehead atoms. The minimum atomic E-state index is -3.52. The van der Waals surface area contributed by atoms with Crippen LogP contribution in [0.15, 0.2) is 22.5 Å². The van der Waals surface area contributed by atoms with Crippen LogP contribution in [0.2, 0.25) is 0 Å². The van der Waals surface area contributed by atoms with Gasteiger partial charge in [-0.25, -0.2) is 18.1 Å². The van der Waals surface area contributed by atoms with E-state index in [0.29, 0.717) is 6.54 Å². The van der Waals surface area contributed by atoms with Crippen LogP contribution < -0.4 is 10.5 Å². The van der Waals surface area contributed by atoms with Gasteiger partial charge >= 0.3 is 0 Å². The maximum absolute atomic E-state index is 12.3. The summed E-state index contributed by atoms with van der Waals surface area (Å²) in [6.07, 6.45) is 2.70. The summed E-state index contributed by atoms with van der Waals surface area (Å²) >= 11 is 2.88. The highest BCUT2D eigenvalue weighted by Gasteiger charge is 2.21. The van der Waals surface area contributed by atoms with Crippen LogP contribution in [0, 0.1) is 0 Å². The summed E-state index contributed by atoms with van der Waals surface area (Å²) in [6.45, 7) is 4.19. The number of aromatic nitrogens is 1. The van der Waals surface area contributed by atoms with Gasteiger partial charge in [0.15, 0.2) is 0 Å². The average molecular weight is 331 g/mol. The van der Waals surface area contributed by atoms with Crippen molar-refractivity contribution in [2.75, 3.05) is 0 Å². The van der Waals surface area contributed by atoms with E-state index in [2.05, 4.69) is 9.71 Å². The molecule has 0 radical (unpaired) electrons. The van der Waals surface area contributed by atoms with E-state index in [1.54, 1.807) is 24.6 Å². The second-order valence-electron chi connectivity index (χ2n) is 4.31. The van der Waals surface area contributed by atoms with Crippen molar-refractivity contribution in [2.24, 2.45) is 5.73 Å². The third-order valence-electron chi connectivity index (χ3n) is 2.76. The van der Waals surface area contributed by atoms with E-state index in [4.69, 9.17) is 5.73 Å². The first-order valence-corrected chi connectivity index (χ1v) is 9.38. The second-order valence-corrected chi connectivity index (χ2v) is 8.17. The quantitative estimate of drug-likeness (QED) is 0.850. The summed E-state index contributed by atoms with van der Waals surface area (Å²) in [4.78, 5) is 6.52. The fraction of sp³-hybridized carbons (Fsp3) is 0.417. The summed E-state index contributed by atoms with van der Waals surface area (Å²) in [5, 5.41) is 2.39. The lowest BCUT2D eigenvalue weighted by Gasteiger charge is -2.10. The normalized spacial score (nSPS) is 13.6. The maximum Gasteiger partial charge on any atom is 0.242 e. The highest BCUT2D eigenvalue weighted by atomic mass is 32.2. The van der Waals surface area contributed by atoms with Crippen molar-refractivity contribution in [2.45, 2.75) is 37.8 Å². The van der Waals surface area contributed by atoms with Gasteiger partial charge in [-0.15, -0.1) is 22.7 Å². The molecule has 5 nitrogen and oxygen atoms in total. The summed E-state index contributed by atoms with van der Waals surface area (Å²) in [6, 6.07) is 1.27. The number of nitrogens with two attached hydrogens (primary N) is 1. The fourth-order valence-electron chi connectivity index (χ4n) is 1.65. The number of rotatable bonds is 6. The lowest BCUT2D eigenvalue weighted by atomic mass is 10.4. The molecule has 0 spiro atoms. The Labute approximate surface area is 126 Å². The van der Waals surface area contributed by atoms with Gasteiger partial charge in [-0.1, -0.05) is 6.92 Å². The van der Waals surface area contributed by atoms with E-state index in [-0.39, 0.29) is 10.9 Å². The molecule has 0 amide bonds. The van der Waals surface area contributed by atoms with Crippen LogP contribution >= 0.6 is 22.7 Å². The Hall–Kier alpha value is -0.800. The molecule has 20 heavy (non-hydrogen) atoms. The number of aryl methyl sites for hydroxylation is 1. The predicted octanol–water partition coefficient (Wildman–Crippen LogP) is 2.27. The van der Waals surface area contributed by atoms with E-state index < -0.39 is 10.0 Å². The summed E-state index contributed by atoms with van der Waals surface area (Å²) < 4.78 is 27.2. The SMILES string of the molecule is CCc1cnc(C(C)NS(=O)(=O)c2csc(CN)c2)s1. The molecule has 0 aliphatic heterocycles. The van der Waals surface area contributed by atoms with Crippen LogP contribution in [0.4, 0.5) is 0 Å². The van der Waals surface area contributed by atoms with Gasteiger partial charge in [0, 0.05) is 27.9 Å². The standard InChI is InChI=1S/C12H17N3O2S3/c1-3-9-6-14-12(19-9)8(2)15-20(16,17)11-4-10(5-13)18-7-11/h4,6-8,15H,3,5,13H2,1-2H3. The maximum atomic E-state index is 12.3. The van der Waals surface area contributed by atoms with Gasteiger partial charge in [-0.3, -0.25) is 0 Å². The zero-order valence-electron chi connectivity index (χ0n) is 11.3. The van der Waals surface area contributed by atoms with Crippen molar-refractivity contribution >= 4 is 32.7 Å². The highest BCUT2D eigenvalue weighted by molar-refractivity contribution is 7.89. The van der Waals surface area contributed by atoms with Gasteiger partial charge in [0.1, 0.15) is 5.01 Å². The number of thiazole rings is 1. The highest BCUT2D eigenvalue weighted by Crippen LogP contribution is 2.24. The molecule has 2 rings (SSSR count). The zero-order valence-corrected chi connectivity index (χ0v) is 13.7. The topological polar surface area (TPSA) is 85.1 Å². The average Bonchev–Trinajstić information content (AvgIpc) is 3.07. The summed E-state index contributed by atoms with van der Waals surface area (Å²) in [5.74, 6) is 0. The van der Waals surface area contributed by atoms with Gasteiger partial charge in [0.25, 0.3) is 0 Å². The Morgan fingerprint density at radius 3 is 2.75 bits per heavy atom. The van der Waals surface area contributed by atoms with Crippen LogP contribution in [0.5, 0.6) is 0 Å². The van der Waals surface area contributed by atoms with Crippen LogP contribution in [0.1, 0.15) is 34.7 Å². The van der Waals surface area contributed by atoms with Crippen LogP contribution in [0.25, 0.3) is 0 Å². The van der Waals surface area contributed by atoms with Crippen molar-refractivity contribution in [1.82, 2.24) is 9.71 Å². The fourth-order valence-corrected chi connectivity index (χ4v) is 4.94. The van der Waals surface area contributed by atoms with Gasteiger partial charge in [0.2, 0.25) is 10.0 Å². The number of nitrogens with zero attached hydrogens (tertiary/aromatic N) is 1. The molecule has 0 saturated carbocycles. The first-order chi connectivity index (χ1) is 9.46. The first-order valence-electron chi connectivity index (χ1n) is 6.20. The number of thiophene rings is 1. The Morgan fingerprint density at radius 1 is 1.45 bits per heavy atom. The molecule has 2 aromatic rings. The number of sulfonamides is 1. The smallest absolute Gasteiger partial charge is 0.242 e. The minimum absolute atomic E-state index is 0.266. The molecule has 0 aliphatic rings. The van der Waals surface area contributed by atoms with Gasteiger partial charge in [-0.05, 0) is 19.4 Å². The van der Waals surface area contributed by atoms with E-state index in [1.165, 1.54) is 22.7 Å².